The van der Waals surface area contributed by atoms with Crippen LogP contribution in [0.15, 0.2) is 78.0 Å². The first-order valence-corrected chi connectivity index (χ1v) is 10.4. The van der Waals surface area contributed by atoms with Crippen LogP contribution in [0.25, 0.3) is 11.1 Å². The predicted molar refractivity (Wildman–Crippen MR) is 123 cm³/mol. The highest BCUT2D eigenvalue weighted by molar-refractivity contribution is 6.04. The summed E-state index contributed by atoms with van der Waals surface area (Å²) in [5.41, 5.74) is 7.76. The summed E-state index contributed by atoms with van der Waals surface area (Å²) in [6.45, 7) is 4.15. The van der Waals surface area contributed by atoms with Gasteiger partial charge in [0.15, 0.2) is 5.82 Å². The fraction of sp³-hybridized carbons (Fsp3) is 0.192. The molecule has 2 aromatic carbocycles. The van der Waals surface area contributed by atoms with Crippen molar-refractivity contribution in [3.8, 4) is 16.9 Å². The van der Waals surface area contributed by atoms with Crippen molar-refractivity contribution in [2.45, 2.75) is 26.3 Å². The van der Waals surface area contributed by atoms with Crippen molar-refractivity contribution in [1.82, 2.24) is 14.8 Å². The molecule has 0 aliphatic carbocycles. The Morgan fingerprint density at radius 3 is 2.23 bits per heavy atom. The van der Waals surface area contributed by atoms with E-state index >= 15 is 0 Å². The molecule has 1 aliphatic heterocycles. The van der Waals surface area contributed by atoms with Crippen LogP contribution in [-0.2, 0) is 0 Å². The van der Waals surface area contributed by atoms with Crippen LogP contribution >= 0.6 is 0 Å². The van der Waals surface area contributed by atoms with Crippen LogP contribution in [-0.4, -0.2) is 27.6 Å². The lowest BCUT2D eigenvalue weighted by molar-refractivity contribution is 0.415. The Bertz CT molecular complexity index is 1240. The van der Waals surface area contributed by atoms with Gasteiger partial charge in [-0.1, -0.05) is 42.0 Å². The fourth-order valence-electron chi connectivity index (χ4n) is 4.17. The number of hydrogen-bond donors (Lipinski definition) is 0. The SMILES string of the molecule is COc1ccc(-c2c(C)nn3c2N=C(c2ccc(C)cc2)C[C@@H]3c2ccncc2)cc1. The number of aryl methyl sites for hydroxylation is 2. The molecule has 1 atom stereocenters. The van der Waals surface area contributed by atoms with Gasteiger partial charge in [0.1, 0.15) is 5.75 Å². The van der Waals surface area contributed by atoms with Crippen LogP contribution in [0.1, 0.15) is 34.8 Å². The molecule has 2 aromatic heterocycles. The van der Waals surface area contributed by atoms with Crippen LogP contribution in [0.3, 0.4) is 0 Å². The van der Waals surface area contributed by atoms with Crippen molar-refractivity contribution < 1.29 is 4.74 Å². The number of aliphatic imine (C=N–C) groups is 1. The van der Waals surface area contributed by atoms with E-state index in [2.05, 4.69) is 72.0 Å². The minimum absolute atomic E-state index is 0.0671. The number of benzene rings is 2. The minimum Gasteiger partial charge on any atom is -0.497 e. The third kappa shape index (κ3) is 3.52. The molecule has 5 nitrogen and oxygen atoms in total. The molecule has 0 N–H and O–H groups in total. The van der Waals surface area contributed by atoms with Gasteiger partial charge in [-0.05, 0) is 54.8 Å². The Morgan fingerprint density at radius 2 is 1.55 bits per heavy atom. The highest BCUT2D eigenvalue weighted by atomic mass is 16.5. The first-order chi connectivity index (χ1) is 15.1. The number of hydrogen-bond acceptors (Lipinski definition) is 4. The smallest absolute Gasteiger partial charge is 0.159 e. The van der Waals surface area contributed by atoms with Gasteiger partial charge in [0.2, 0.25) is 0 Å². The molecule has 4 aromatic rings. The quantitative estimate of drug-likeness (QED) is 0.436. The lowest BCUT2D eigenvalue weighted by atomic mass is 9.95. The number of fused-ring (bicyclic) bond motifs is 1. The van der Waals surface area contributed by atoms with Crippen LogP contribution in [0.5, 0.6) is 5.75 Å². The Labute approximate surface area is 182 Å². The number of ether oxygens (including phenoxy) is 1. The fourth-order valence-corrected chi connectivity index (χ4v) is 4.17. The van der Waals surface area contributed by atoms with Crippen molar-refractivity contribution in [3.05, 3.63) is 95.4 Å². The summed E-state index contributed by atoms with van der Waals surface area (Å²) in [5, 5.41) is 4.93. The number of nitrogens with zero attached hydrogens (tertiary/aromatic N) is 4. The number of rotatable bonds is 4. The lowest BCUT2D eigenvalue weighted by Crippen LogP contribution is -2.21. The van der Waals surface area contributed by atoms with E-state index in [0.29, 0.717) is 0 Å². The topological polar surface area (TPSA) is 52.3 Å². The van der Waals surface area contributed by atoms with Gasteiger partial charge in [0, 0.05) is 24.4 Å². The maximum Gasteiger partial charge on any atom is 0.159 e. The van der Waals surface area contributed by atoms with E-state index in [0.717, 1.165) is 46.1 Å². The van der Waals surface area contributed by atoms with Crippen LogP contribution in [0.2, 0.25) is 0 Å². The van der Waals surface area contributed by atoms with Crippen molar-refractivity contribution in [2.75, 3.05) is 7.11 Å². The second kappa shape index (κ2) is 7.84. The largest absolute Gasteiger partial charge is 0.497 e. The molecule has 0 radical (unpaired) electrons. The predicted octanol–water partition coefficient (Wildman–Crippen LogP) is 5.68. The highest BCUT2D eigenvalue weighted by Crippen LogP contribution is 2.41. The molecule has 31 heavy (non-hydrogen) atoms. The van der Waals surface area contributed by atoms with Crippen LogP contribution < -0.4 is 4.74 Å². The number of methoxy groups -OCH3 is 1. The van der Waals surface area contributed by atoms with E-state index in [9.17, 15) is 0 Å². The van der Waals surface area contributed by atoms with E-state index in [-0.39, 0.29) is 6.04 Å². The second-order valence-electron chi connectivity index (χ2n) is 7.88. The molecule has 5 rings (SSSR count). The molecule has 0 amide bonds. The molecule has 5 heteroatoms. The zero-order chi connectivity index (χ0) is 21.4. The second-order valence-corrected chi connectivity index (χ2v) is 7.88. The zero-order valence-electron chi connectivity index (χ0n) is 17.9. The molecule has 0 bridgehead atoms. The summed E-state index contributed by atoms with van der Waals surface area (Å²) in [6.07, 6.45) is 4.46. The Hall–Kier alpha value is -3.73. The summed E-state index contributed by atoms with van der Waals surface area (Å²) in [5.74, 6) is 1.73. The third-order valence-corrected chi connectivity index (χ3v) is 5.84. The first-order valence-electron chi connectivity index (χ1n) is 10.4. The highest BCUT2D eigenvalue weighted by Gasteiger charge is 2.29. The average Bonchev–Trinajstić information content (AvgIpc) is 3.15. The van der Waals surface area contributed by atoms with Gasteiger partial charge in [0.25, 0.3) is 0 Å². The molecule has 0 fully saturated rings. The minimum atomic E-state index is 0.0671. The van der Waals surface area contributed by atoms with Crippen LogP contribution in [0.4, 0.5) is 5.82 Å². The first kappa shape index (κ1) is 19.2. The van der Waals surface area contributed by atoms with E-state index in [1.807, 2.05) is 24.5 Å². The standard InChI is InChI=1S/C26H24N4O/c1-17-4-6-19(7-5-17)23-16-24(20-12-14-27-15-13-20)30-26(28-23)25(18(2)29-30)21-8-10-22(31-3)11-9-21/h4-15,24H,16H2,1-3H3/t24-/m1/s1. The molecule has 0 spiro atoms. The van der Waals surface area contributed by atoms with Crippen molar-refractivity contribution in [2.24, 2.45) is 4.99 Å². The molecule has 0 unspecified atom stereocenters. The van der Waals surface area contributed by atoms with Gasteiger partial charge in [-0.3, -0.25) is 4.98 Å². The van der Waals surface area contributed by atoms with Crippen molar-refractivity contribution in [1.29, 1.82) is 0 Å². The summed E-state index contributed by atoms with van der Waals surface area (Å²) in [7, 11) is 1.68. The molecule has 0 saturated heterocycles. The van der Waals surface area contributed by atoms with E-state index in [4.69, 9.17) is 14.8 Å². The molecular formula is C26H24N4O. The maximum atomic E-state index is 5.33. The van der Waals surface area contributed by atoms with Gasteiger partial charge >= 0.3 is 0 Å². The van der Waals surface area contributed by atoms with Crippen molar-refractivity contribution in [3.63, 3.8) is 0 Å². The van der Waals surface area contributed by atoms with E-state index in [1.54, 1.807) is 7.11 Å². The van der Waals surface area contributed by atoms with Gasteiger partial charge in [-0.2, -0.15) is 5.10 Å². The number of aromatic nitrogens is 3. The Kier molecular flexibility index (Phi) is 4.86. The third-order valence-electron chi connectivity index (χ3n) is 5.84. The van der Waals surface area contributed by atoms with Gasteiger partial charge < -0.3 is 4.74 Å². The Morgan fingerprint density at radius 1 is 0.871 bits per heavy atom. The summed E-state index contributed by atoms with van der Waals surface area (Å²) in [4.78, 5) is 9.33. The lowest BCUT2D eigenvalue weighted by Gasteiger charge is -2.25. The summed E-state index contributed by atoms with van der Waals surface area (Å²) in [6, 6.07) is 20.9. The molecule has 154 valence electrons. The summed E-state index contributed by atoms with van der Waals surface area (Å²) >= 11 is 0. The van der Waals surface area contributed by atoms with E-state index in [1.165, 1.54) is 11.1 Å². The van der Waals surface area contributed by atoms with Gasteiger partial charge in [0.05, 0.1) is 24.6 Å². The van der Waals surface area contributed by atoms with Gasteiger partial charge in [-0.25, -0.2) is 9.67 Å². The van der Waals surface area contributed by atoms with E-state index < -0.39 is 0 Å². The maximum absolute atomic E-state index is 5.33. The van der Waals surface area contributed by atoms with Gasteiger partial charge in [-0.15, -0.1) is 0 Å². The normalized spacial score (nSPS) is 15.3. The molecule has 0 saturated carbocycles. The molecule has 1 aliphatic rings. The monoisotopic (exact) mass is 408 g/mol. The number of pyridine rings is 1. The molecule has 3 heterocycles. The van der Waals surface area contributed by atoms with Crippen molar-refractivity contribution >= 4 is 11.5 Å². The Balaban J connectivity index is 1.69. The van der Waals surface area contributed by atoms with Crippen LogP contribution in [0, 0.1) is 13.8 Å². The average molecular weight is 409 g/mol. The zero-order valence-corrected chi connectivity index (χ0v) is 17.9. The molecular weight excluding hydrogens is 384 g/mol. The summed E-state index contributed by atoms with van der Waals surface area (Å²) < 4.78 is 7.41.